The molecule has 1 aliphatic heterocycles. The number of hydrogen-bond donors (Lipinski definition) is 3. The molecule has 0 aromatic heterocycles. The van der Waals surface area contributed by atoms with Crippen molar-refractivity contribution in [3.63, 3.8) is 0 Å². The Morgan fingerprint density at radius 1 is 1.22 bits per heavy atom. The molecule has 2 rings (SSSR count). The number of ether oxygens (including phenoxy) is 2. The molecule has 0 spiro atoms. The average Bonchev–Trinajstić information content (AvgIpc) is 2.60. The minimum absolute atomic E-state index is 0.139. The second-order valence-corrected chi connectivity index (χ2v) is 5.42. The maximum absolute atomic E-state index is 11.9. The van der Waals surface area contributed by atoms with Gasteiger partial charge in [0.05, 0.1) is 7.11 Å². The van der Waals surface area contributed by atoms with E-state index in [1.807, 2.05) is 0 Å². The summed E-state index contributed by atoms with van der Waals surface area (Å²) in [4.78, 5) is 22.8. The lowest BCUT2D eigenvalue weighted by Crippen LogP contribution is -2.37. The lowest BCUT2D eigenvalue weighted by Gasteiger charge is -2.22. The van der Waals surface area contributed by atoms with Crippen molar-refractivity contribution in [1.29, 1.82) is 0 Å². The number of hydrogen-bond acceptors (Lipinski definition) is 5. The quantitative estimate of drug-likeness (QED) is 0.689. The van der Waals surface area contributed by atoms with Gasteiger partial charge in [0.2, 0.25) is 0 Å². The Kier molecular flexibility index (Phi) is 6.68. The SMILES string of the molecule is COC(=O)COc1ccc(NC(=O)NCC2CCNCC2)cc1. The fraction of sp³-hybridized carbons (Fsp3) is 0.500. The van der Waals surface area contributed by atoms with E-state index in [1.165, 1.54) is 7.11 Å². The zero-order valence-electron chi connectivity index (χ0n) is 13.3. The lowest BCUT2D eigenvalue weighted by atomic mass is 9.98. The van der Waals surface area contributed by atoms with Crippen molar-refractivity contribution in [1.82, 2.24) is 10.6 Å². The van der Waals surface area contributed by atoms with Crippen LogP contribution in [0.4, 0.5) is 10.5 Å². The number of amides is 2. The molecule has 7 nitrogen and oxygen atoms in total. The van der Waals surface area contributed by atoms with E-state index >= 15 is 0 Å². The van der Waals surface area contributed by atoms with Crippen LogP contribution in [-0.2, 0) is 9.53 Å². The first-order valence-electron chi connectivity index (χ1n) is 7.72. The first-order valence-corrected chi connectivity index (χ1v) is 7.72. The molecule has 2 amide bonds. The van der Waals surface area contributed by atoms with Gasteiger partial charge in [-0.2, -0.15) is 0 Å². The normalized spacial score (nSPS) is 14.8. The number of esters is 1. The van der Waals surface area contributed by atoms with Gasteiger partial charge in [0.1, 0.15) is 5.75 Å². The largest absolute Gasteiger partial charge is 0.482 e. The molecular weight excluding hydrogens is 298 g/mol. The summed E-state index contributed by atoms with van der Waals surface area (Å²) < 4.78 is 9.73. The summed E-state index contributed by atoms with van der Waals surface area (Å²) >= 11 is 0. The fourth-order valence-corrected chi connectivity index (χ4v) is 2.33. The van der Waals surface area contributed by atoms with Crippen LogP contribution in [0, 0.1) is 5.92 Å². The second-order valence-electron chi connectivity index (χ2n) is 5.42. The third-order valence-corrected chi connectivity index (χ3v) is 3.71. The predicted octanol–water partition coefficient (Wildman–Crippen LogP) is 1.36. The highest BCUT2D eigenvalue weighted by molar-refractivity contribution is 5.89. The predicted molar refractivity (Wildman–Crippen MR) is 86.6 cm³/mol. The van der Waals surface area contributed by atoms with Gasteiger partial charge in [0.15, 0.2) is 6.61 Å². The zero-order chi connectivity index (χ0) is 16.5. The lowest BCUT2D eigenvalue weighted by molar-refractivity contribution is -0.142. The van der Waals surface area contributed by atoms with E-state index in [0.717, 1.165) is 25.9 Å². The van der Waals surface area contributed by atoms with Crippen LogP contribution in [0.15, 0.2) is 24.3 Å². The van der Waals surface area contributed by atoms with Gasteiger partial charge in [0, 0.05) is 12.2 Å². The van der Waals surface area contributed by atoms with Crippen molar-refractivity contribution in [3.8, 4) is 5.75 Å². The molecule has 1 saturated heterocycles. The summed E-state index contributed by atoms with van der Waals surface area (Å²) in [5.41, 5.74) is 0.665. The molecule has 1 aliphatic rings. The molecule has 0 radical (unpaired) electrons. The Balaban J connectivity index is 1.71. The summed E-state index contributed by atoms with van der Waals surface area (Å²) in [6.45, 7) is 2.58. The van der Waals surface area contributed by atoms with Crippen LogP contribution in [0.2, 0.25) is 0 Å². The minimum atomic E-state index is -0.440. The Morgan fingerprint density at radius 2 is 1.91 bits per heavy atom. The molecule has 3 N–H and O–H groups in total. The Labute approximate surface area is 135 Å². The topological polar surface area (TPSA) is 88.7 Å². The van der Waals surface area contributed by atoms with Crippen molar-refractivity contribution >= 4 is 17.7 Å². The van der Waals surface area contributed by atoms with Crippen LogP contribution in [0.5, 0.6) is 5.75 Å². The Bertz CT molecular complexity index is 513. The van der Waals surface area contributed by atoms with Gasteiger partial charge >= 0.3 is 12.0 Å². The number of methoxy groups -OCH3 is 1. The van der Waals surface area contributed by atoms with Crippen molar-refractivity contribution in [3.05, 3.63) is 24.3 Å². The van der Waals surface area contributed by atoms with Gasteiger partial charge in [0.25, 0.3) is 0 Å². The summed E-state index contributed by atoms with van der Waals surface area (Å²) in [5, 5.41) is 8.96. The molecule has 1 aromatic carbocycles. The van der Waals surface area contributed by atoms with Gasteiger partial charge in [-0.05, 0) is 56.1 Å². The van der Waals surface area contributed by atoms with E-state index < -0.39 is 5.97 Å². The van der Waals surface area contributed by atoms with Crippen molar-refractivity contribution in [2.75, 3.05) is 38.7 Å². The zero-order valence-corrected chi connectivity index (χ0v) is 13.3. The van der Waals surface area contributed by atoms with Gasteiger partial charge in [-0.25, -0.2) is 9.59 Å². The van der Waals surface area contributed by atoms with E-state index in [0.29, 0.717) is 23.9 Å². The number of nitrogens with one attached hydrogen (secondary N) is 3. The van der Waals surface area contributed by atoms with Crippen molar-refractivity contribution in [2.24, 2.45) is 5.92 Å². The second kappa shape index (κ2) is 8.99. The minimum Gasteiger partial charge on any atom is -0.482 e. The number of rotatable bonds is 6. The molecule has 0 unspecified atom stereocenters. The highest BCUT2D eigenvalue weighted by atomic mass is 16.6. The summed E-state index contributed by atoms with van der Waals surface area (Å²) in [6, 6.07) is 6.59. The van der Waals surface area contributed by atoms with Crippen molar-refractivity contribution < 1.29 is 19.1 Å². The third-order valence-electron chi connectivity index (χ3n) is 3.71. The van der Waals surface area contributed by atoms with Gasteiger partial charge < -0.3 is 25.4 Å². The third kappa shape index (κ3) is 6.15. The maximum Gasteiger partial charge on any atom is 0.343 e. The van der Waals surface area contributed by atoms with Gasteiger partial charge in [-0.1, -0.05) is 0 Å². The molecule has 1 heterocycles. The smallest absolute Gasteiger partial charge is 0.343 e. The molecule has 0 aliphatic carbocycles. The fourth-order valence-electron chi connectivity index (χ4n) is 2.33. The maximum atomic E-state index is 11.9. The molecule has 7 heteroatoms. The molecule has 0 bridgehead atoms. The number of urea groups is 1. The van der Waals surface area contributed by atoms with Crippen LogP contribution >= 0.6 is 0 Å². The van der Waals surface area contributed by atoms with Crippen LogP contribution < -0.4 is 20.7 Å². The van der Waals surface area contributed by atoms with E-state index in [-0.39, 0.29) is 12.6 Å². The van der Waals surface area contributed by atoms with Gasteiger partial charge in [-0.3, -0.25) is 0 Å². The monoisotopic (exact) mass is 321 g/mol. The summed E-state index contributed by atoms with van der Waals surface area (Å²) in [6.07, 6.45) is 2.18. The highest BCUT2D eigenvalue weighted by Gasteiger charge is 2.13. The van der Waals surface area contributed by atoms with Crippen LogP contribution in [-0.4, -0.2) is 45.4 Å². The van der Waals surface area contributed by atoms with E-state index in [2.05, 4.69) is 20.7 Å². The number of anilines is 1. The van der Waals surface area contributed by atoms with Crippen LogP contribution in [0.25, 0.3) is 0 Å². The average molecular weight is 321 g/mol. The van der Waals surface area contributed by atoms with Gasteiger partial charge in [-0.15, -0.1) is 0 Å². The molecule has 1 fully saturated rings. The first-order chi connectivity index (χ1) is 11.2. The molecule has 0 atom stereocenters. The summed E-state index contributed by atoms with van der Waals surface area (Å²) in [5.74, 6) is 0.636. The van der Waals surface area contributed by atoms with Crippen molar-refractivity contribution in [2.45, 2.75) is 12.8 Å². The Morgan fingerprint density at radius 3 is 2.57 bits per heavy atom. The van der Waals surface area contributed by atoms with E-state index in [9.17, 15) is 9.59 Å². The number of carbonyl (C=O) groups excluding carboxylic acids is 2. The molecular formula is C16H23N3O4. The molecule has 1 aromatic rings. The molecule has 126 valence electrons. The van der Waals surface area contributed by atoms with Crippen LogP contribution in [0.3, 0.4) is 0 Å². The molecule has 0 saturated carbocycles. The highest BCUT2D eigenvalue weighted by Crippen LogP contribution is 2.16. The first kappa shape index (κ1) is 17.1. The molecule has 23 heavy (non-hydrogen) atoms. The summed E-state index contributed by atoms with van der Waals surface area (Å²) in [7, 11) is 1.31. The van der Waals surface area contributed by atoms with Crippen LogP contribution in [0.1, 0.15) is 12.8 Å². The number of piperidine rings is 1. The van der Waals surface area contributed by atoms with E-state index in [1.54, 1.807) is 24.3 Å². The number of carbonyl (C=O) groups is 2. The van der Waals surface area contributed by atoms with E-state index in [4.69, 9.17) is 4.74 Å². The number of benzene rings is 1. The standard InChI is InChI=1S/C16H23N3O4/c1-22-15(20)11-23-14-4-2-13(3-5-14)19-16(21)18-10-12-6-8-17-9-7-12/h2-5,12,17H,6-11H2,1H3,(H2,18,19,21). The Hall–Kier alpha value is -2.28.